The van der Waals surface area contributed by atoms with Crippen LogP contribution in [-0.4, -0.2) is 23.1 Å². The van der Waals surface area contributed by atoms with Crippen molar-refractivity contribution in [2.24, 2.45) is 0 Å². The number of carbonyl (C=O) groups excluding carboxylic acids is 2. The largest absolute Gasteiger partial charge is 0.462 e. The van der Waals surface area contributed by atoms with Crippen LogP contribution in [0.2, 0.25) is 0 Å². The van der Waals surface area contributed by atoms with Gasteiger partial charge in [-0.25, -0.2) is 9.18 Å². The van der Waals surface area contributed by atoms with Gasteiger partial charge < -0.3 is 14.6 Å². The van der Waals surface area contributed by atoms with Crippen molar-refractivity contribution in [1.29, 1.82) is 0 Å². The normalized spacial score (nSPS) is 10.7. The third kappa shape index (κ3) is 4.95. The van der Waals surface area contributed by atoms with Crippen molar-refractivity contribution in [3.05, 3.63) is 77.2 Å². The van der Waals surface area contributed by atoms with Gasteiger partial charge in [-0.3, -0.25) is 4.79 Å². The van der Waals surface area contributed by atoms with Gasteiger partial charge in [0.1, 0.15) is 5.82 Å². The lowest BCUT2D eigenvalue weighted by atomic mass is 10.1. The summed E-state index contributed by atoms with van der Waals surface area (Å²) in [6.07, 6.45) is 0.222. The summed E-state index contributed by atoms with van der Waals surface area (Å²) in [5.41, 5.74) is 4.45. The third-order valence-corrected chi connectivity index (χ3v) is 4.87. The number of esters is 1. The summed E-state index contributed by atoms with van der Waals surface area (Å²) in [7, 11) is 0. The number of aromatic nitrogens is 1. The Morgan fingerprint density at radius 1 is 1.07 bits per heavy atom. The molecule has 3 rings (SSSR count). The Balaban J connectivity index is 1.85. The van der Waals surface area contributed by atoms with Crippen LogP contribution in [0.1, 0.15) is 35.0 Å². The van der Waals surface area contributed by atoms with Crippen LogP contribution in [0.3, 0.4) is 0 Å². The van der Waals surface area contributed by atoms with Crippen molar-refractivity contribution in [1.82, 2.24) is 4.57 Å². The highest BCUT2D eigenvalue weighted by Crippen LogP contribution is 2.27. The molecule has 3 aromatic rings. The van der Waals surface area contributed by atoms with E-state index in [0.717, 1.165) is 22.5 Å². The van der Waals surface area contributed by atoms with E-state index in [9.17, 15) is 14.0 Å². The maximum atomic E-state index is 13.4. The number of benzene rings is 2. The summed E-state index contributed by atoms with van der Waals surface area (Å²) in [6.45, 7) is 6.17. The minimum atomic E-state index is -0.415. The topological polar surface area (TPSA) is 60.3 Å². The molecule has 0 radical (unpaired) electrons. The lowest BCUT2D eigenvalue weighted by Gasteiger charge is -2.13. The van der Waals surface area contributed by atoms with Crippen LogP contribution in [0, 0.1) is 19.7 Å². The molecule has 0 bridgehead atoms. The molecule has 1 aromatic heterocycles. The second-order valence-electron chi connectivity index (χ2n) is 7.08. The molecule has 30 heavy (non-hydrogen) atoms. The summed E-state index contributed by atoms with van der Waals surface area (Å²) >= 11 is 0. The molecule has 2 aromatic carbocycles. The molecule has 1 heterocycles. The van der Waals surface area contributed by atoms with E-state index in [-0.39, 0.29) is 24.8 Å². The van der Waals surface area contributed by atoms with Gasteiger partial charge in [-0.15, -0.1) is 0 Å². The lowest BCUT2D eigenvalue weighted by molar-refractivity contribution is -0.116. The van der Waals surface area contributed by atoms with Crippen LogP contribution >= 0.6 is 0 Å². The van der Waals surface area contributed by atoms with Crippen LogP contribution in [0.4, 0.5) is 10.1 Å². The zero-order valence-electron chi connectivity index (χ0n) is 17.4. The minimum absolute atomic E-state index is 0.128. The molecule has 1 amide bonds. The number of nitrogens with one attached hydrogen (secondary N) is 1. The molecular weight excluding hydrogens is 383 g/mol. The Bertz CT molecular complexity index is 1050. The number of ether oxygens (including phenoxy) is 1. The highest BCUT2D eigenvalue weighted by atomic mass is 19.1. The Hall–Kier alpha value is -3.41. The van der Waals surface area contributed by atoms with E-state index in [4.69, 9.17) is 4.74 Å². The highest BCUT2D eigenvalue weighted by molar-refractivity contribution is 5.93. The van der Waals surface area contributed by atoms with Crippen LogP contribution in [0.5, 0.6) is 0 Å². The standard InChI is InChI=1S/C24H25FN2O3/c1-4-30-24(29)21-15-22(18-8-10-19(25)11-9-18)27(17(21)3)13-12-23(28)26-20-7-5-6-16(2)14-20/h5-11,14-15H,4,12-13H2,1-3H3,(H,26,28). The zero-order valence-corrected chi connectivity index (χ0v) is 17.4. The molecule has 0 atom stereocenters. The monoisotopic (exact) mass is 408 g/mol. The van der Waals surface area contributed by atoms with Crippen molar-refractivity contribution < 1.29 is 18.7 Å². The molecule has 0 saturated heterocycles. The Morgan fingerprint density at radius 2 is 1.80 bits per heavy atom. The van der Waals surface area contributed by atoms with E-state index in [2.05, 4.69) is 5.32 Å². The van der Waals surface area contributed by atoms with Crippen molar-refractivity contribution in [3.8, 4) is 11.3 Å². The summed E-state index contributed by atoms with van der Waals surface area (Å²) in [5.74, 6) is -0.880. The van der Waals surface area contributed by atoms with Crippen LogP contribution in [-0.2, 0) is 16.1 Å². The van der Waals surface area contributed by atoms with Crippen LogP contribution < -0.4 is 5.32 Å². The van der Waals surface area contributed by atoms with Gasteiger partial charge in [0.2, 0.25) is 5.91 Å². The average molecular weight is 408 g/mol. The Kier molecular flexibility index (Phi) is 6.67. The fraction of sp³-hybridized carbons (Fsp3) is 0.250. The number of amides is 1. The number of rotatable bonds is 7. The lowest BCUT2D eigenvalue weighted by Crippen LogP contribution is -2.16. The summed E-state index contributed by atoms with van der Waals surface area (Å²) < 4.78 is 20.4. The van der Waals surface area contributed by atoms with Gasteiger partial charge in [0.15, 0.2) is 0 Å². The molecule has 1 N–H and O–H groups in total. The second-order valence-corrected chi connectivity index (χ2v) is 7.08. The fourth-order valence-corrected chi connectivity index (χ4v) is 3.37. The summed E-state index contributed by atoms with van der Waals surface area (Å²) in [5, 5.41) is 2.90. The van der Waals surface area contributed by atoms with E-state index in [1.165, 1.54) is 12.1 Å². The van der Waals surface area contributed by atoms with Gasteiger partial charge in [-0.1, -0.05) is 12.1 Å². The summed E-state index contributed by atoms with van der Waals surface area (Å²) in [4.78, 5) is 24.8. The van der Waals surface area contributed by atoms with Gasteiger partial charge in [0.05, 0.1) is 12.2 Å². The van der Waals surface area contributed by atoms with Gasteiger partial charge in [-0.2, -0.15) is 0 Å². The van der Waals surface area contributed by atoms with E-state index in [0.29, 0.717) is 17.8 Å². The van der Waals surface area contributed by atoms with Crippen molar-refractivity contribution in [2.75, 3.05) is 11.9 Å². The van der Waals surface area contributed by atoms with Crippen LogP contribution in [0.15, 0.2) is 54.6 Å². The molecule has 5 nitrogen and oxygen atoms in total. The van der Waals surface area contributed by atoms with E-state index in [1.54, 1.807) is 25.1 Å². The van der Waals surface area contributed by atoms with Crippen molar-refractivity contribution in [2.45, 2.75) is 33.7 Å². The molecule has 0 aliphatic heterocycles. The van der Waals surface area contributed by atoms with Crippen molar-refractivity contribution in [3.63, 3.8) is 0 Å². The number of carbonyl (C=O) groups is 2. The first kappa shape index (κ1) is 21.3. The maximum Gasteiger partial charge on any atom is 0.339 e. The van der Waals surface area contributed by atoms with Gasteiger partial charge in [0.25, 0.3) is 0 Å². The first-order chi connectivity index (χ1) is 14.4. The first-order valence-electron chi connectivity index (χ1n) is 9.88. The predicted octanol–water partition coefficient (Wildman–Crippen LogP) is 5.12. The fourth-order valence-electron chi connectivity index (χ4n) is 3.37. The molecule has 0 saturated carbocycles. The SMILES string of the molecule is CCOC(=O)c1cc(-c2ccc(F)cc2)n(CCC(=O)Nc2cccc(C)c2)c1C. The van der Waals surface area contributed by atoms with E-state index in [1.807, 2.05) is 42.7 Å². The molecule has 0 spiro atoms. The molecule has 0 fully saturated rings. The zero-order chi connectivity index (χ0) is 21.7. The number of nitrogens with zero attached hydrogens (tertiary/aromatic N) is 1. The van der Waals surface area contributed by atoms with Crippen molar-refractivity contribution >= 4 is 17.6 Å². The number of halogens is 1. The maximum absolute atomic E-state index is 13.4. The number of aryl methyl sites for hydroxylation is 1. The molecule has 156 valence electrons. The number of hydrogen-bond donors (Lipinski definition) is 1. The van der Waals surface area contributed by atoms with E-state index >= 15 is 0 Å². The number of hydrogen-bond acceptors (Lipinski definition) is 3. The van der Waals surface area contributed by atoms with Gasteiger partial charge >= 0.3 is 5.97 Å². The third-order valence-electron chi connectivity index (χ3n) is 4.87. The average Bonchev–Trinajstić information content (AvgIpc) is 3.03. The Labute approximate surface area is 175 Å². The van der Waals surface area contributed by atoms with Gasteiger partial charge in [0, 0.05) is 30.0 Å². The first-order valence-corrected chi connectivity index (χ1v) is 9.88. The smallest absolute Gasteiger partial charge is 0.339 e. The highest BCUT2D eigenvalue weighted by Gasteiger charge is 2.20. The molecule has 0 aliphatic rings. The van der Waals surface area contributed by atoms with Crippen LogP contribution in [0.25, 0.3) is 11.3 Å². The molecular formula is C24H25FN2O3. The predicted molar refractivity (Wildman–Crippen MR) is 115 cm³/mol. The quantitative estimate of drug-likeness (QED) is 0.552. The second kappa shape index (κ2) is 9.39. The molecule has 0 aliphatic carbocycles. The summed E-state index contributed by atoms with van der Waals surface area (Å²) in [6, 6.07) is 15.4. The molecule has 0 unspecified atom stereocenters. The Morgan fingerprint density at radius 3 is 2.47 bits per heavy atom. The minimum Gasteiger partial charge on any atom is -0.462 e. The van der Waals surface area contributed by atoms with Gasteiger partial charge in [-0.05, 0) is 74.4 Å². The van der Waals surface area contributed by atoms with E-state index < -0.39 is 5.97 Å². The molecule has 6 heteroatoms. The number of anilines is 1.